The first-order valence-corrected chi connectivity index (χ1v) is 6.39. The molecule has 110 valence electrons. The number of alkyl halides is 3. The first-order valence-electron chi connectivity index (χ1n) is 6.39. The molecule has 0 atom stereocenters. The molecule has 0 radical (unpaired) electrons. The van der Waals surface area contributed by atoms with Gasteiger partial charge in [-0.1, -0.05) is 13.0 Å². The van der Waals surface area contributed by atoms with Crippen molar-refractivity contribution in [3.05, 3.63) is 29.3 Å². The SMILES string of the molecule is CCNCc1ccc(N(C)CCC(F)(F)F)c(C#N)c1. The highest BCUT2D eigenvalue weighted by atomic mass is 19.4. The maximum absolute atomic E-state index is 12.2. The van der Waals surface area contributed by atoms with Crippen LogP contribution in [-0.4, -0.2) is 26.3 Å². The van der Waals surface area contributed by atoms with Crippen molar-refractivity contribution in [1.29, 1.82) is 5.26 Å². The molecule has 3 nitrogen and oxygen atoms in total. The molecule has 0 bridgehead atoms. The lowest BCUT2D eigenvalue weighted by molar-refractivity contribution is -0.132. The summed E-state index contributed by atoms with van der Waals surface area (Å²) >= 11 is 0. The third kappa shape index (κ3) is 5.10. The molecule has 1 N–H and O–H groups in total. The smallest absolute Gasteiger partial charge is 0.373 e. The average molecular weight is 285 g/mol. The van der Waals surface area contributed by atoms with E-state index in [-0.39, 0.29) is 6.54 Å². The quantitative estimate of drug-likeness (QED) is 0.873. The largest absolute Gasteiger partial charge is 0.390 e. The minimum Gasteiger partial charge on any atom is -0.373 e. The maximum atomic E-state index is 12.2. The Labute approximate surface area is 117 Å². The molecule has 0 amide bonds. The van der Waals surface area contributed by atoms with Gasteiger partial charge < -0.3 is 10.2 Å². The van der Waals surface area contributed by atoms with Crippen LogP contribution in [0.25, 0.3) is 0 Å². The summed E-state index contributed by atoms with van der Waals surface area (Å²) in [5.74, 6) is 0. The summed E-state index contributed by atoms with van der Waals surface area (Å²) in [6, 6.07) is 7.27. The van der Waals surface area contributed by atoms with Gasteiger partial charge in [0.2, 0.25) is 0 Å². The van der Waals surface area contributed by atoms with E-state index in [4.69, 9.17) is 5.26 Å². The summed E-state index contributed by atoms with van der Waals surface area (Å²) in [6.07, 6.45) is -5.08. The second-order valence-corrected chi connectivity index (χ2v) is 4.53. The second-order valence-electron chi connectivity index (χ2n) is 4.53. The van der Waals surface area contributed by atoms with Crippen LogP contribution in [0.3, 0.4) is 0 Å². The van der Waals surface area contributed by atoms with Crippen LogP contribution in [0.15, 0.2) is 18.2 Å². The van der Waals surface area contributed by atoms with Crippen molar-refractivity contribution in [2.24, 2.45) is 0 Å². The molecule has 0 spiro atoms. The Morgan fingerprint density at radius 3 is 2.60 bits per heavy atom. The number of nitrogens with zero attached hydrogens (tertiary/aromatic N) is 2. The highest BCUT2D eigenvalue weighted by molar-refractivity contribution is 5.60. The van der Waals surface area contributed by atoms with Crippen LogP contribution in [0.4, 0.5) is 18.9 Å². The lowest BCUT2D eigenvalue weighted by Gasteiger charge is -2.21. The van der Waals surface area contributed by atoms with E-state index in [1.165, 1.54) is 4.90 Å². The second kappa shape index (κ2) is 7.15. The zero-order valence-corrected chi connectivity index (χ0v) is 11.6. The topological polar surface area (TPSA) is 39.1 Å². The first-order chi connectivity index (χ1) is 9.37. The first kappa shape index (κ1) is 16.3. The Balaban J connectivity index is 2.81. The van der Waals surface area contributed by atoms with Crippen LogP contribution < -0.4 is 10.2 Å². The number of nitrogens with one attached hydrogen (secondary N) is 1. The summed E-state index contributed by atoms with van der Waals surface area (Å²) in [5.41, 5.74) is 1.86. The van der Waals surface area contributed by atoms with Crippen LogP contribution in [0.1, 0.15) is 24.5 Å². The van der Waals surface area contributed by atoms with Gasteiger partial charge in [-0.25, -0.2) is 0 Å². The molecule has 1 aromatic rings. The minimum atomic E-state index is -4.19. The van der Waals surface area contributed by atoms with Gasteiger partial charge in [0.1, 0.15) is 6.07 Å². The van der Waals surface area contributed by atoms with Gasteiger partial charge in [0.05, 0.1) is 17.7 Å². The van der Waals surface area contributed by atoms with E-state index in [9.17, 15) is 13.2 Å². The zero-order chi connectivity index (χ0) is 15.2. The van der Waals surface area contributed by atoms with E-state index in [1.807, 2.05) is 19.1 Å². The van der Waals surface area contributed by atoms with Crippen molar-refractivity contribution in [2.75, 3.05) is 25.0 Å². The molecule has 0 fully saturated rings. The highest BCUT2D eigenvalue weighted by Crippen LogP contribution is 2.24. The Kier molecular flexibility index (Phi) is 5.83. The third-order valence-corrected chi connectivity index (χ3v) is 2.90. The Hall–Kier alpha value is -1.74. The zero-order valence-electron chi connectivity index (χ0n) is 11.6. The van der Waals surface area contributed by atoms with E-state index in [0.29, 0.717) is 17.8 Å². The van der Waals surface area contributed by atoms with Crippen molar-refractivity contribution in [1.82, 2.24) is 5.32 Å². The van der Waals surface area contributed by atoms with Gasteiger partial charge in [0.15, 0.2) is 0 Å². The van der Waals surface area contributed by atoms with Crippen LogP contribution in [0, 0.1) is 11.3 Å². The van der Waals surface area contributed by atoms with E-state index in [0.717, 1.165) is 12.1 Å². The summed E-state index contributed by atoms with van der Waals surface area (Å²) < 4.78 is 36.7. The van der Waals surface area contributed by atoms with Crippen molar-refractivity contribution < 1.29 is 13.2 Å². The summed E-state index contributed by atoms with van der Waals surface area (Å²) in [5, 5.41) is 12.3. The van der Waals surface area contributed by atoms with Crippen LogP contribution >= 0.6 is 0 Å². The fraction of sp³-hybridized carbons (Fsp3) is 0.500. The van der Waals surface area contributed by atoms with Gasteiger partial charge in [-0.2, -0.15) is 18.4 Å². The van der Waals surface area contributed by atoms with Gasteiger partial charge >= 0.3 is 6.18 Å². The lowest BCUT2D eigenvalue weighted by Crippen LogP contribution is -2.24. The maximum Gasteiger partial charge on any atom is 0.390 e. The molecular weight excluding hydrogens is 267 g/mol. The number of halogens is 3. The van der Waals surface area contributed by atoms with Gasteiger partial charge in [-0.05, 0) is 24.2 Å². The van der Waals surface area contributed by atoms with Crippen LogP contribution in [0.2, 0.25) is 0 Å². The number of benzene rings is 1. The van der Waals surface area contributed by atoms with Crippen molar-refractivity contribution in [3.8, 4) is 6.07 Å². The Morgan fingerprint density at radius 1 is 1.35 bits per heavy atom. The van der Waals surface area contributed by atoms with Crippen LogP contribution in [-0.2, 0) is 6.54 Å². The number of nitriles is 1. The summed E-state index contributed by atoms with van der Waals surface area (Å²) in [7, 11) is 1.56. The number of rotatable bonds is 6. The predicted octanol–water partition coefficient (Wildman–Crippen LogP) is 3.06. The molecule has 0 unspecified atom stereocenters. The fourth-order valence-corrected chi connectivity index (χ4v) is 1.80. The van der Waals surface area contributed by atoms with E-state index < -0.39 is 12.6 Å². The van der Waals surface area contributed by atoms with Crippen LogP contribution in [0.5, 0.6) is 0 Å². The van der Waals surface area contributed by atoms with Crippen molar-refractivity contribution in [2.45, 2.75) is 26.1 Å². The number of hydrogen-bond donors (Lipinski definition) is 1. The normalized spacial score (nSPS) is 11.2. The Morgan fingerprint density at radius 2 is 2.05 bits per heavy atom. The van der Waals surface area contributed by atoms with Gasteiger partial charge in [0, 0.05) is 20.1 Å². The molecule has 6 heteroatoms. The fourth-order valence-electron chi connectivity index (χ4n) is 1.80. The number of anilines is 1. The average Bonchev–Trinajstić information content (AvgIpc) is 2.41. The molecular formula is C14H18F3N3. The molecule has 20 heavy (non-hydrogen) atoms. The molecule has 0 aliphatic heterocycles. The molecule has 0 heterocycles. The molecule has 0 saturated carbocycles. The molecule has 0 aromatic heterocycles. The van der Waals surface area contributed by atoms with E-state index in [2.05, 4.69) is 5.32 Å². The standard InChI is InChI=1S/C14H18F3N3/c1-3-19-10-11-4-5-13(12(8-11)9-18)20(2)7-6-14(15,16)17/h4-5,8,19H,3,6-7,10H2,1-2H3. The van der Waals surface area contributed by atoms with E-state index in [1.54, 1.807) is 19.2 Å². The Bertz CT molecular complexity index is 478. The van der Waals surface area contributed by atoms with E-state index >= 15 is 0 Å². The molecule has 1 rings (SSSR count). The molecule has 1 aromatic carbocycles. The van der Waals surface area contributed by atoms with Gasteiger partial charge in [-0.3, -0.25) is 0 Å². The number of hydrogen-bond acceptors (Lipinski definition) is 3. The summed E-state index contributed by atoms with van der Waals surface area (Å²) in [6.45, 7) is 3.27. The third-order valence-electron chi connectivity index (χ3n) is 2.90. The molecule has 0 aliphatic carbocycles. The van der Waals surface area contributed by atoms with Gasteiger partial charge in [-0.15, -0.1) is 0 Å². The van der Waals surface area contributed by atoms with Gasteiger partial charge in [0.25, 0.3) is 0 Å². The predicted molar refractivity (Wildman–Crippen MR) is 72.5 cm³/mol. The van der Waals surface area contributed by atoms with Crippen molar-refractivity contribution >= 4 is 5.69 Å². The molecule has 0 saturated heterocycles. The minimum absolute atomic E-state index is 0.162. The molecule has 0 aliphatic rings. The highest BCUT2D eigenvalue weighted by Gasteiger charge is 2.27. The monoisotopic (exact) mass is 285 g/mol. The van der Waals surface area contributed by atoms with Crippen molar-refractivity contribution in [3.63, 3.8) is 0 Å². The summed E-state index contributed by atoms with van der Waals surface area (Å²) in [4.78, 5) is 1.46. The lowest BCUT2D eigenvalue weighted by atomic mass is 10.1.